The maximum absolute atomic E-state index is 13.4. The molecule has 3 aliphatic heterocycles. The van der Waals surface area contributed by atoms with Gasteiger partial charge >= 0.3 is 0 Å². The first-order valence-electron chi connectivity index (χ1n) is 14.2. The van der Waals surface area contributed by atoms with Crippen molar-refractivity contribution in [3.05, 3.63) is 65.2 Å². The highest BCUT2D eigenvalue weighted by Gasteiger charge is 2.36. The maximum atomic E-state index is 13.4. The Morgan fingerprint density at radius 3 is 2.63 bits per heavy atom. The first kappa shape index (κ1) is 28.6. The van der Waals surface area contributed by atoms with Gasteiger partial charge in [0.25, 0.3) is 5.91 Å². The van der Waals surface area contributed by atoms with E-state index in [1.54, 1.807) is 24.3 Å². The quantitative estimate of drug-likeness (QED) is 0.491. The van der Waals surface area contributed by atoms with Crippen molar-refractivity contribution in [1.29, 1.82) is 0 Å². The van der Waals surface area contributed by atoms with Crippen molar-refractivity contribution in [1.82, 2.24) is 25.8 Å². The Morgan fingerprint density at radius 2 is 1.78 bits per heavy atom. The van der Waals surface area contributed by atoms with E-state index < -0.39 is 23.9 Å². The fraction of sp³-hybridized carbons (Fsp3) is 0.467. The molecule has 4 amide bonds. The van der Waals surface area contributed by atoms with Gasteiger partial charge in [-0.1, -0.05) is 36.4 Å². The van der Waals surface area contributed by atoms with E-state index in [0.717, 1.165) is 44.0 Å². The van der Waals surface area contributed by atoms with E-state index in [2.05, 4.69) is 26.9 Å². The van der Waals surface area contributed by atoms with E-state index in [1.807, 2.05) is 18.2 Å². The third-order valence-corrected chi connectivity index (χ3v) is 7.63. The lowest BCUT2D eigenvalue weighted by Gasteiger charge is -2.27. The summed E-state index contributed by atoms with van der Waals surface area (Å²) in [4.78, 5) is 56.8. The Balaban J connectivity index is 1.31. The van der Waals surface area contributed by atoms with Crippen molar-refractivity contribution in [3.8, 4) is 5.75 Å². The summed E-state index contributed by atoms with van der Waals surface area (Å²) in [5.74, 6) is -1.25. The van der Waals surface area contributed by atoms with Gasteiger partial charge in [-0.2, -0.15) is 0 Å². The molecular weight excluding hydrogens is 526 g/mol. The summed E-state index contributed by atoms with van der Waals surface area (Å²) in [6.45, 7) is 5.07. The van der Waals surface area contributed by atoms with Gasteiger partial charge < -0.3 is 30.3 Å². The molecule has 11 nitrogen and oxygen atoms in total. The van der Waals surface area contributed by atoms with Gasteiger partial charge in [0.2, 0.25) is 17.7 Å². The molecular formula is C30H37N5O6. The average Bonchev–Trinajstić information content (AvgIpc) is 3.49. The second-order valence-corrected chi connectivity index (χ2v) is 10.5. The number of carbonyl (C=O) groups is 4. The number of carbonyl (C=O) groups excluding carboxylic acids is 4. The number of nitrogens with zero attached hydrogens (tertiary/aromatic N) is 2. The summed E-state index contributed by atoms with van der Waals surface area (Å²) >= 11 is 0. The molecule has 218 valence electrons. The van der Waals surface area contributed by atoms with Crippen LogP contribution in [0.2, 0.25) is 0 Å². The molecule has 5 rings (SSSR count). The van der Waals surface area contributed by atoms with Crippen LogP contribution in [0.25, 0.3) is 0 Å². The van der Waals surface area contributed by atoms with E-state index in [1.165, 1.54) is 4.90 Å². The molecule has 2 saturated heterocycles. The molecule has 2 atom stereocenters. The predicted octanol–water partition coefficient (Wildman–Crippen LogP) is 0.823. The second kappa shape index (κ2) is 13.6. The van der Waals surface area contributed by atoms with Crippen LogP contribution < -0.4 is 20.7 Å². The van der Waals surface area contributed by atoms with Crippen molar-refractivity contribution >= 4 is 23.6 Å². The minimum atomic E-state index is -1.13. The molecule has 0 saturated carbocycles. The van der Waals surface area contributed by atoms with Gasteiger partial charge in [0.1, 0.15) is 24.4 Å². The summed E-state index contributed by atoms with van der Waals surface area (Å²) in [6, 6.07) is 13.0. The number of benzene rings is 2. The van der Waals surface area contributed by atoms with Gasteiger partial charge in [0.15, 0.2) is 0 Å². The van der Waals surface area contributed by atoms with E-state index in [9.17, 15) is 19.2 Å². The summed E-state index contributed by atoms with van der Waals surface area (Å²) in [5.41, 5.74) is 2.30. The van der Waals surface area contributed by atoms with Gasteiger partial charge in [-0.3, -0.25) is 24.1 Å². The monoisotopic (exact) mass is 563 g/mol. The highest BCUT2D eigenvalue weighted by molar-refractivity contribution is 6.01. The first-order chi connectivity index (χ1) is 20.0. The summed E-state index contributed by atoms with van der Waals surface area (Å²) < 4.78 is 11.2. The molecule has 3 N–H and O–H groups in total. The molecule has 41 heavy (non-hydrogen) atoms. The molecule has 0 radical (unpaired) electrons. The number of ether oxygens (including phenoxy) is 2. The van der Waals surface area contributed by atoms with Crippen LogP contribution in [-0.2, 0) is 32.2 Å². The molecule has 0 aromatic heterocycles. The number of para-hydroxylation sites is 1. The maximum Gasteiger partial charge on any atom is 0.255 e. The summed E-state index contributed by atoms with van der Waals surface area (Å²) in [5, 5.41) is 8.48. The molecule has 0 unspecified atom stereocenters. The molecule has 2 fully saturated rings. The van der Waals surface area contributed by atoms with E-state index in [4.69, 9.17) is 9.47 Å². The van der Waals surface area contributed by atoms with Crippen molar-refractivity contribution in [2.75, 3.05) is 46.0 Å². The van der Waals surface area contributed by atoms with Gasteiger partial charge in [-0.05, 0) is 36.1 Å². The number of rotatable bonds is 5. The van der Waals surface area contributed by atoms with Gasteiger partial charge in [0.05, 0.1) is 31.7 Å². The number of nitrogens with one attached hydrogen (secondary N) is 3. The van der Waals surface area contributed by atoms with Crippen molar-refractivity contribution < 1.29 is 28.7 Å². The molecule has 2 aromatic carbocycles. The van der Waals surface area contributed by atoms with Crippen LogP contribution in [0.1, 0.15) is 40.7 Å². The summed E-state index contributed by atoms with van der Waals surface area (Å²) in [6.07, 6.45) is 0.975. The van der Waals surface area contributed by atoms with Crippen LogP contribution in [0.5, 0.6) is 5.75 Å². The number of hydrogen-bond donors (Lipinski definition) is 3. The molecule has 11 heteroatoms. The normalized spacial score (nSPS) is 22.4. The standard InChI is InChI=1S/C30H37N5O6/c36-27-18-24(29(38)32-19-21-5-3-6-22(17-21)20-34-12-15-40-16-13-34)33-28(37)23-7-1-2-9-26(23)41-14-10-31-30(39)25-8-4-11-35(25)27/h1-3,5-7,9,17,24-25H,4,8,10-16,18-20H2,(H,31,39)(H,32,38)(H,33,37)/t24-,25-/m0/s1. The van der Waals surface area contributed by atoms with E-state index in [0.29, 0.717) is 25.1 Å². The largest absolute Gasteiger partial charge is 0.491 e. The lowest BCUT2D eigenvalue weighted by atomic mass is 10.1. The molecule has 2 aromatic rings. The van der Waals surface area contributed by atoms with Gasteiger partial charge in [-0.25, -0.2) is 0 Å². The van der Waals surface area contributed by atoms with Gasteiger partial charge in [0, 0.05) is 32.7 Å². The number of hydrogen-bond acceptors (Lipinski definition) is 7. The fourth-order valence-electron chi connectivity index (χ4n) is 5.48. The Morgan fingerprint density at radius 1 is 0.976 bits per heavy atom. The Kier molecular flexibility index (Phi) is 9.48. The smallest absolute Gasteiger partial charge is 0.255 e. The molecule has 0 bridgehead atoms. The predicted molar refractivity (Wildman–Crippen MR) is 150 cm³/mol. The van der Waals surface area contributed by atoms with Crippen LogP contribution >= 0.6 is 0 Å². The van der Waals surface area contributed by atoms with Crippen LogP contribution in [0, 0.1) is 0 Å². The number of morpholine rings is 1. The van der Waals surface area contributed by atoms with Crippen LogP contribution in [0.15, 0.2) is 48.5 Å². The lowest BCUT2D eigenvalue weighted by Crippen LogP contribution is -2.52. The topological polar surface area (TPSA) is 129 Å². The Hall–Kier alpha value is -3.96. The third kappa shape index (κ3) is 7.42. The number of fused-ring (bicyclic) bond motifs is 2. The highest BCUT2D eigenvalue weighted by Crippen LogP contribution is 2.21. The van der Waals surface area contributed by atoms with E-state index in [-0.39, 0.29) is 43.5 Å². The number of amides is 4. The Labute approximate surface area is 239 Å². The molecule has 0 spiro atoms. The first-order valence-corrected chi connectivity index (χ1v) is 14.2. The second-order valence-electron chi connectivity index (χ2n) is 10.5. The Bertz CT molecular complexity index is 1260. The van der Waals surface area contributed by atoms with E-state index >= 15 is 0 Å². The van der Waals surface area contributed by atoms with Crippen LogP contribution in [0.3, 0.4) is 0 Å². The molecule has 3 heterocycles. The summed E-state index contributed by atoms with van der Waals surface area (Å²) in [7, 11) is 0. The highest BCUT2D eigenvalue weighted by atomic mass is 16.5. The van der Waals surface area contributed by atoms with Crippen LogP contribution in [0.4, 0.5) is 0 Å². The van der Waals surface area contributed by atoms with Gasteiger partial charge in [-0.15, -0.1) is 0 Å². The average molecular weight is 564 g/mol. The zero-order valence-electron chi connectivity index (χ0n) is 23.1. The van der Waals surface area contributed by atoms with Crippen molar-refractivity contribution in [2.24, 2.45) is 0 Å². The minimum absolute atomic E-state index is 0.158. The minimum Gasteiger partial charge on any atom is -0.491 e. The zero-order valence-corrected chi connectivity index (χ0v) is 23.1. The van der Waals surface area contributed by atoms with Crippen molar-refractivity contribution in [2.45, 2.75) is 44.4 Å². The molecule has 0 aliphatic carbocycles. The fourth-order valence-corrected chi connectivity index (χ4v) is 5.48. The van der Waals surface area contributed by atoms with Crippen LogP contribution in [-0.4, -0.2) is 91.5 Å². The van der Waals surface area contributed by atoms with Crippen molar-refractivity contribution in [3.63, 3.8) is 0 Å². The lowest BCUT2D eigenvalue weighted by molar-refractivity contribution is -0.140. The zero-order chi connectivity index (χ0) is 28.6. The SMILES string of the molecule is O=C1N[C@H](C(=O)NCc2cccc(CN3CCOCC3)c2)CC(=O)N2CCC[C@H]2C(=O)NCCOc2ccccc21. The third-order valence-electron chi connectivity index (χ3n) is 7.63. The molecule has 3 aliphatic rings.